The Bertz CT molecular complexity index is 781. The first kappa shape index (κ1) is 16.1. The van der Waals surface area contributed by atoms with Gasteiger partial charge in [-0.15, -0.1) is 6.58 Å². The Morgan fingerprint density at radius 3 is 2.67 bits per heavy atom. The van der Waals surface area contributed by atoms with Gasteiger partial charge in [0.25, 0.3) is 0 Å². The molecule has 3 aromatic rings. The van der Waals surface area contributed by atoms with E-state index in [1.165, 1.54) is 12.1 Å². The maximum atomic E-state index is 13.1. The summed E-state index contributed by atoms with van der Waals surface area (Å²) in [4.78, 5) is 6.61. The molecule has 0 fully saturated rings. The van der Waals surface area contributed by atoms with Crippen molar-refractivity contribution in [3.63, 3.8) is 0 Å². The summed E-state index contributed by atoms with van der Waals surface area (Å²) in [6.45, 7) is 6.00. The zero-order valence-corrected chi connectivity index (χ0v) is 13.3. The highest BCUT2D eigenvalue weighted by Crippen LogP contribution is 2.23. The number of aromatic amines is 1. The number of rotatable bonds is 7. The van der Waals surface area contributed by atoms with Gasteiger partial charge in [0, 0.05) is 37.0 Å². The predicted octanol–water partition coefficient (Wildman–Crippen LogP) is 3.80. The van der Waals surface area contributed by atoms with Crippen LogP contribution in [0.25, 0.3) is 11.3 Å². The third-order valence-electron chi connectivity index (χ3n) is 3.74. The Morgan fingerprint density at radius 2 is 1.96 bits per heavy atom. The number of halogens is 1. The maximum Gasteiger partial charge on any atom is 0.123 e. The highest BCUT2D eigenvalue weighted by molar-refractivity contribution is 5.62. The Labute approximate surface area is 140 Å². The van der Waals surface area contributed by atoms with Crippen LogP contribution in [0.3, 0.4) is 0 Å². The molecule has 2 heterocycles. The first-order valence-electron chi connectivity index (χ1n) is 7.77. The molecule has 1 aromatic carbocycles. The molecule has 0 amide bonds. The molecule has 0 unspecified atom stereocenters. The van der Waals surface area contributed by atoms with Crippen molar-refractivity contribution in [1.82, 2.24) is 20.1 Å². The fourth-order valence-electron chi connectivity index (χ4n) is 2.63. The van der Waals surface area contributed by atoms with E-state index in [9.17, 15) is 4.39 Å². The molecule has 0 spiro atoms. The van der Waals surface area contributed by atoms with Gasteiger partial charge in [0.2, 0.25) is 0 Å². The largest absolute Gasteiger partial charge is 0.289 e. The summed E-state index contributed by atoms with van der Waals surface area (Å²) in [5.74, 6) is -0.247. The van der Waals surface area contributed by atoms with E-state index in [4.69, 9.17) is 0 Å². The van der Waals surface area contributed by atoms with Crippen molar-refractivity contribution in [1.29, 1.82) is 0 Å². The second kappa shape index (κ2) is 7.66. The topological polar surface area (TPSA) is 44.8 Å². The molecule has 3 rings (SSSR count). The van der Waals surface area contributed by atoms with E-state index in [0.717, 1.165) is 35.6 Å². The first-order chi connectivity index (χ1) is 11.8. The van der Waals surface area contributed by atoms with E-state index in [1.807, 2.05) is 30.5 Å². The summed E-state index contributed by atoms with van der Waals surface area (Å²) in [6.07, 6.45) is 5.48. The monoisotopic (exact) mass is 322 g/mol. The van der Waals surface area contributed by atoms with Crippen LogP contribution in [-0.2, 0) is 13.1 Å². The average Bonchev–Trinajstić information content (AvgIpc) is 3.05. The minimum atomic E-state index is -0.247. The number of hydrogen-bond acceptors (Lipinski definition) is 3. The molecule has 0 aliphatic heterocycles. The number of pyridine rings is 1. The quantitative estimate of drug-likeness (QED) is 0.673. The minimum absolute atomic E-state index is 0.247. The molecule has 5 heteroatoms. The molecule has 122 valence electrons. The second-order valence-corrected chi connectivity index (χ2v) is 5.56. The van der Waals surface area contributed by atoms with E-state index in [2.05, 4.69) is 26.7 Å². The highest BCUT2D eigenvalue weighted by Gasteiger charge is 2.13. The molecule has 0 aliphatic carbocycles. The molecular formula is C19H19FN4. The third-order valence-corrected chi connectivity index (χ3v) is 3.74. The smallest absolute Gasteiger partial charge is 0.123 e. The fourth-order valence-corrected chi connectivity index (χ4v) is 2.63. The second-order valence-electron chi connectivity index (χ2n) is 5.56. The van der Waals surface area contributed by atoms with Crippen molar-refractivity contribution in [3.8, 4) is 11.3 Å². The Hall–Kier alpha value is -2.79. The molecule has 1 N–H and O–H groups in total. The van der Waals surface area contributed by atoms with Crippen LogP contribution < -0.4 is 0 Å². The van der Waals surface area contributed by atoms with Gasteiger partial charge < -0.3 is 0 Å². The van der Waals surface area contributed by atoms with Crippen molar-refractivity contribution < 1.29 is 4.39 Å². The number of hydrogen-bond donors (Lipinski definition) is 1. The van der Waals surface area contributed by atoms with Crippen molar-refractivity contribution >= 4 is 0 Å². The molecule has 0 saturated carbocycles. The van der Waals surface area contributed by atoms with Crippen LogP contribution in [0.5, 0.6) is 0 Å². The Kier molecular flexibility index (Phi) is 5.13. The van der Waals surface area contributed by atoms with Crippen LogP contribution in [0.4, 0.5) is 4.39 Å². The number of aromatic nitrogens is 3. The summed E-state index contributed by atoms with van der Waals surface area (Å²) in [5, 5.41) is 7.17. The van der Waals surface area contributed by atoms with Gasteiger partial charge in [0.15, 0.2) is 0 Å². The van der Waals surface area contributed by atoms with Crippen molar-refractivity contribution in [3.05, 3.63) is 84.6 Å². The summed E-state index contributed by atoms with van der Waals surface area (Å²) < 4.78 is 13.1. The van der Waals surface area contributed by atoms with Crippen molar-refractivity contribution in [2.24, 2.45) is 0 Å². The maximum absolute atomic E-state index is 13.1. The van der Waals surface area contributed by atoms with Crippen molar-refractivity contribution in [2.45, 2.75) is 13.1 Å². The van der Waals surface area contributed by atoms with E-state index < -0.39 is 0 Å². The standard InChI is InChI=1S/C19H19FN4/c1-2-11-24(14-18-5-3-4-10-21-18)13-16-12-22-23-19(16)15-6-8-17(20)9-7-15/h2-10,12H,1,11,13-14H2,(H,22,23). The Balaban J connectivity index is 1.79. The van der Waals surface area contributed by atoms with Crippen LogP contribution in [0.15, 0.2) is 67.5 Å². The zero-order chi connectivity index (χ0) is 16.8. The van der Waals surface area contributed by atoms with Crippen LogP contribution in [-0.4, -0.2) is 26.6 Å². The molecule has 24 heavy (non-hydrogen) atoms. The summed E-state index contributed by atoms with van der Waals surface area (Å²) >= 11 is 0. The molecule has 0 atom stereocenters. The third kappa shape index (κ3) is 3.94. The summed E-state index contributed by atoms with van der Waals surface area (Å²) in [7, 11) is 0. The molecule has 2 aromatic heterocycles. The van der Waals surface area contributed by atoms with E-state index >= 15 is 0 Å². The summed E-state index contributed by atoms with van der Waals surface area (Å²) in [6, 6.07) is 12.3. The average molecular weight is 322 g/mol. The van der Waals surface area contributed by atoms with Crippen molar-refractivity contribution in [2.75, 3.05) is 6.54 Å². The molecule has 0 saturated heterocycles. The molecular weight excluding hydrogens is 303 g/mol. The van der Waals surface area contributed by atoms with E-state index in [1.54, 1.807) is 18.3 Å². The lowest BCUT2D eigenvalue weighted by molar-refractivity contribution is 0.283. The van der Waals surface area contributed by atoms with Gasteiger partial charge in [0.05, 0.1) is 17.6 Å². The highest BCUT2D eigenvalue weighted by atomic mass is 19.1. The molecule has 0 aliphatic rings. The fraction of sp³-hybridized carbons (Fsp3) is 0.158. The lowest BCUT2D eigenvalue weighted by atomic mass is 10.1. The van der Waals surface area contributed by atoms with Gasteiger partial charge in [-0.05, 0) is 36.4 Å². The van der Waals surface area contributed by atoms with Crippen LogP contribution in [0, 0.1) is 5.82 Å². The lowest BCUT2D eigenvalue weighted by Gasteiger charge is -2.20. The molecule has 4 nitrogen and oxygen atoms in total. The van der Waals surface area contributed by atoms with E-state index in [0.29, 0.717) is 6.54 Å². The van der Waals surface area contributed by atoms with Gasteiger partial charge in [-0.2, -0.15) is 5.10 Å². The predicted molar refractivity (Wildman–Crippen MR) is 92.5 cm³/mol. The summed E-state index contributed by atoms with van der Waals surface area (Å²) in [5.41, 5.74) is 3.89. The van der Waals surface area contributed by atoms with Gasteiger partial charge >= 0.3 is 0 Å². The number of nitrogens with zero attached hydrogens (tertiary/aromatic N) is 3. The lowest BCUT2D eigenvalue weighted by Crippen LogP contribution is -2.23. The number of H-pyrrole nitrogens is 1. The Morgan fingerprint density at radius 1 is 1.12 bits per heavy atom. The number of nitrogens with one attached hydrogen (secondary N) is 1. The zero-order valence-electron chi connectivity index (χ0n) is 13.3. The van der Waals surface area contributed by atoms with Crippen LogP contribution in [0.2, 0.25) is 0 Å². The van der Waals surface area contributed by atoms with Crippen LogP contribution in [0.1, 0.15) is 11.3 Å². The number of benzene rings is 1. The molecule has 0 radical (unpaired) electrons. The van der Waals surface area contributed by atoms with Crippen LogP contribution >= 0.6 is 0 Å². The van der Waals surface area contributed by atoms with Gasteiger partial charge in [-0.3, -0.25) is 15.0 Å². The first-order valence-corrected chi connectivity index (χ1v) is 7.77. The SMILES string of the molecule is C=CCN(Cc1ccccn1)Cc1cn[nH]c1-c1ccc(F)cc1. The normalized spacial score (nSPS) is 10.9. The van der Waals surface area contributed by atoms with Gasteiger partial charge in [-0.25, -0.2) is 4.39 Å². The minimum Gasteiger partial charge on any atom is -0.289 e. The van der Waals surface area contributed by atoms with Gasteiger partial charge in [0.1, 0.15) is 5.82 Å². The van der Waals surface area contributed by atoms with E-state index in [-0.39, 0.29) is 5.82 Å². The van der Waals surface area contributed by atoms with Gasteiger partial charge in [-0.1, -0.05) is 12.1 Å². The molecule has 0 bridgehead atoms.